The van der Waals surface area contributed by atoms with E-state index in [-0.39, 0.29) is 0 Å². The number of aromatic nitrogens is 2. The fraction of sp³-hybridized carbons (Fsp3) is 0.115. The zero-order valence-corrected chi connectivity index (χ0v) is 19.2. The second-order valence-electron chi connectivity index (χ2n) is 7.69. The summed E-state index contributed by atoms with van der Waals surface area (Å²) < 4.78 is 6.21. The van der Waals surface area contributed by atoms with Crippen LogP contribution in [0.2, 0.25) is 5.02 Å². The number of hydrogen-bond acceptors (Lipinski definition) is 6. The highest BCUT2D eigenvalue weighted by molar-refractivity contribution is 6.30. The molecular weight excluding hydrogens is 434 g/mol. The van der Waals surface area contributed by atoms with Crippen LogP contribution in [0.25, 0.3) is 0 Å². The minimum Gasteiger partial charge on any atom is -0.438 e. The lowest BCUT2D eigenvalue weighted by Crippen LogP contribution is -2.03. The first-order valence-electron chi connectivity index (χ1n) is 10.3. The van der Waals surface area contributed by atoms with Gasteiger partial charge in [-0.3, -0.25) is 0 Å². The van der Waals surface area contributed by atoms with Crippen molar-refractivity contribution in [2.24, 2.45) is 0 Å². The van der Waals surface area contributed by atoms with Crippen LogP contribution in [-0.4, -0.2) is 9.97 Å². The minimum absolute atomic E-state index is 0.335. The van der Waals surface area contributed by atoms with Gasteiger partial charge in [0.05, 0.1) is 11.6 Å². The zero-order valence-electron chi connectivity index (χ0n) is 18.5. The summed E-state index contributed by atoms with van der Waals surface area (Å²) in [4.78, 5) is 9.12. The third kappa shape index (κ3) is 5.59. The first-order chi connectivity index (χ1) is 15.9. The number of nitriles is 1. The van der Waals surface area contributed by atoms with Gasteiger partial charge in [-0.15, -0.1) is 0 Å². The molecule has 1 aromatic heterocycles. The molecule has 6 nitrogen and oxygen atoms in total. The van der Waals surface area contributed by atoms with E-state index < -0.39 is 0 Å². The average Bonchev–Trinajstić information content (AvgIpc) is 2.78. The van der Waals surface area contributed by atoms with E-state index in [2.05, 4.69) is 45.7 Å². The number of nitrogens with zero attached hydrogens (tertiary/aromatic N) is 3. The molecular formula is C26H22ClN5O. The molecule has 164 valence electrons. The Morgan fingerprint density at radius 2 is 1.58 bits per heavy atom. The van der Waals surface area contributed by atoms with Crippen LogP contribution in [0.3, 0.4) is 0 Å². The van der Waals surface area contributed by atoms with Crippen molar-refractivity contribution >= 4 is 34.7 Å². The minimum atomic E-state index is 0.335. The summed E-state index contributed by atoms with van der Waals surface area (Å²) in [6.45, 7) is 6.08. The van der Waals surface area contributed by atoms with Gasteiger partial charge in [-0.1, -0.05) is 35.4 Å². The first kappa shape index (κ1) is 22.1. The molecule has 0 saturated carbocycles. The molecule has 0 spiro atoms. The molecule has 0 unspecified atom stereocenters. The van der Waals surface area contributed by atoms with Crippen LogP contribution in [0.1, 0.15) is 22.3 Å². The summed E-state index contributed by atoms with van der Waals surface area (Å²) in [5.41, 5.74) is 5.28. The lowest BCUT2D eigenvalue weighted by atomic mass is 10.1. The van der Waals surface area contributed by atoms with Gasteiger partial charge in [0.2, 0.25) is 11.8 Å². The molecule has 0 amide bonds. The normalized spacial score (nSPS) is 10.4. The van der Waals surface area contributed by atoms with Crippen LogP contribution < -0.4 is 15.4 Å². The number of halogens is 1. The summed E-state index contributed by atoms with van der Waals surface area (Å²) in [6, 6.07) is 22.5. The van der Waals surface area contributed by atoms with E-state index in [9.17, 15) is 5.26 Å². The first-order valence-corrected chi connectivity index (χ1v) is 10.7. The Bertz CT molecular complexity index is 1320. The second kappa shape index (κ2) is 9.60. The average molecular weight is 456 g/mol. The highest BCUT2D eigenvalue weighted by Gasteiger charge is 2.12. The molecule has 2 N–H and O–H groups in total. The molecule has 0 aliphatic heterocycles. The summed E-state index contributed by atoms with van der Waals surface area (Å²) in [6.07, 6.45) is 0. The molecule has 0 bridgehead atoms. The monoisotopic (exact) mass is 455 g/mol. The van der Waals surface area contributed by atoms with Crippen molar-refractivity contribution < 1.29 is 4.74 Å². The van der Waals surface area contributed by atoms with Crippen molar-refractivity contribution in [1.29, 1.82) is 5.26 Å². The largest absolute Gasteiger partial charge is 0.438 e. The topological polar surface area (TPSA) is 82.9 Å². The molecule has 3 aromatic carbocycles. The molecule has 1 heterocycles. The highest BCUT2D eigenvalue weighted by atomic mass is 35.5. The van der Waals surface area contributed by atoms with E-state index in [1.54, 1.807) is 36.4 Å². The standard InChI is InChI=1S/C26H22ClN5O/c1-16-11-17(2)25(18(3)12-16)33-24-14-23(29-21-9-7-20(27)8-10-21)31-26(32-24)30-22-6-4-5-19(13-22)15-28/h4-14H,1-3H3,(H2,29,30,31,32). The van der Waals surface area contributed by atoms with Crippen LogP contribution >= 0.6 is 11.6 Å². The van der Waals surface area contributed by atoms with E-state index in [4.69, 9.17) is 16.3 Å². The van der Waals surface area contributed by atoms with Crippen molar-refractivity contribution in [2.45, 2.75) is 20.8 Å². The van der Waals surface area contributed by atoms with E-state index >= 15 is 0 Å². The molecule has 0 saturated heterocycles. The van der Waals surface area contributed by atoms with Crippen LogP contribution in [0.5, 0.6) is 11.6 Å². The van der Waals surface area contributed by atoms with Crippen LogP contribution in [0.15, 0.2) is 66.7 Å². The van der Waals surface area contributed by atoms with Crippen molar-refractivity contribution in [3.05, 3.63) is 94.0 Å². The van der Waals surface area contributed by atoms with Gasteiger partial charge in [0.1, 0.15) is 11.6 Å². The summed E-state index contributed by atoms with van der Waals surface area (Å²) >= 11 is 6.00. The van der Waals surface area contributed by atoms with Crippen LogP contribution in [0.4, 0.5) is 23.1 Å². The Morgan fingerprint density at radius 1 is 0.848 bits per heavy atom. The third-order valence-electron chi connectivity index (χ3n) is 4.88. The van der Waals surface area contributed by atoms with Crippen LogP contribution in [0, 0.1) is 32.1 Å². The van der Waals surface area contributed by atoms with Crippen molar-refractivity contribution in [3.63, 3.8) is 0 Å². The van der Waals surface area contributed by atoms with Crippen molar-refractivity contribution in [3.8, 4) is 17.7 Å². The quantitative estimate of drug-likeness (QED) is 0.319. The van der Waals surface area contributed by atoms with E-state index in [0.717, 1.165) is 22.6 Å². The Balaban J connectivity index is 1.70. The predicted octanol–water partition coefficient (Wildman–Crippen LogP) is 7.21. The number of anilines is 4. The summed E-state index contributed by atoms with van der Waals surface area (Å²) in [5, 5.41) is 16.3. The van der Waals surface area contributed by atoms with Gasteiger partial charge in [0.15, 0.2) is 0 Å². The smallest absolute Gasteiger partial charge is 0.232 e. The number of ether oxygens (including phenoxy) is 1. The number of rotatable bonds is 6. The van der Waals surface area contributed by atoms with Gasteiger partial charge in [0, 0.05) is 22.5 Å². The van der Waals surface area contributed by atoms with Gasteiger partial charge >= 0.3 is 0 Å². The van der Waals surface area contributed by atoms with Gasteiger partial charge in [-0.2, -0.15) is 15.2 Å². The highest BCUT2D eigenvalue weighted by Crippen LogP contribution is 2.31. The lowest BCUT2D eigenvalue weighted by molar-refractivity contribution is 0.456. The van der Waals surface area contributed by atoms with Gasteiger partial charge in [-0.25, -0.2) is 0 Å². The molecule has 4 aromatic rings. The SMILES string of the molecule is Cc1cc(C)c(Oc2cc(Nc3ccc(Cl)cc3)nc(Nc3cccc(C#N)c3)n2)c(C)c1. The molecule has 7 heteroatoms. The second-order valence-corrected chi connectivity index (χ2v) is 8.13. The molecule has 0 radical (unpaired) electrons. The van der Waals surface area contributed by atoms with E-state index in [1.807, 2.05) is 32.0 Å². The molecule has 0 aliphatic carbocycles. The molecule has 0 aliphatic rings. The third-order valence-corrected chi connectivity index (χ3v) is 5.13. The fourth-order valence-electron chi connectivity index (χ4n) is 3.51. The zero-order chi connectivity index (χ0) is 23.4. The maximum Gasteiger partial charge on any atom is 0.232 e. The van der Waals surface area contributed by atoms with Gasteiger partial charge in [-0.05, 0) is 74.4 Å². The van der Waals surface area contributed by atoms with Gasteiger partial charge < -0.3 is 15.4 Å². The number of hydrogen-bond donors (Lipinski definition) is 2. The van der Waals surface area contributed by atoms with Crippen molar-refractivity contribution in [2.75, 3.05) is 10.6 Å². The Hall–Kier alpha value is -4.08. The predicted molar refractivity (Wildman–Crippen MR) is 132 cm³/mol. The molecule has 33 heavy (non-hydrogen) atoms. The van der Waals surface area contributed by atoms with Gasteiger partial charge in [0.25, 0.3) is 0 Å². The Kier molecular flexibility index (Phi) is 6.43. The number of aryl methyl sites for hydroxylation is 3. The van der Waals surface area contributed by atoms with E-state index in [1.165, 1.54) is 5.56 Å². The fourth-order valence-corrected chi connectivity index (χ4v) is 3.63. The Morgan fingerprint density at radius 3 is 2.27 bits per heavy atom. The van der Waals surface area contributed by atoms with E-state index in [0.29, 0.717) is 33.9 Å². The molecule has 4 rings (SSSR count). The number of benzene rings is 3. The Labute approximate surface area is 197 Å². The van der Waals surface area contributed by atoms with Crippen LogP contribution in [-0.2, 0) is 0 Å². The molecule has 0 atom stereocenters. The molecule has 0 fully saturated rings. The summed E-state index contributed by atoms with van der Waals surface area (Å²) in [7, 11) is 0. The van der Waals surface area contributed by atoms with Crippen molar-refractivity contribution in [1.82, 2.24) is 9.97 Å². The summed E-state index contributed by atoms with van der Waals surface area (Å²) in [5.74, 6) is 2.02. The lowest BCUT2D eigenvalue weighted by Gasteiger charge is -2.15. The maximum atomic E-state index is 9.19. The maximum absolute atomic E-state index is 9.19. The number of nitrogens with one attached hydrogen (secondary N) is 2.